The van der Waals surface area contributed by atoms with Crippen LogP contribution < -0.4 is 19.7 Å². The van der Waals surface area contributed by atoms with Gasteiger partial charge in [-0.3, -0.25) is 0 Å². The Bertz CT molecular complexity index is 981. The predicted molar refractivity (Wildman–Crippen MR) is 142 cm³/mol. The summed E-state index contributed by atoms with van der Waals surface area (Å²) in [6.07, 6.45) is 7.12. The first-order valence-corrected chi connectivity index (χ1v) is 13.6. The third-order valence-corrected chi connectivity index (χ3v) is 7.78. The molecule has 0 unspecified atom stereocenters. The van der Waals surface area contributed by atoms with Gasteiger partial charge < -0.3 is 29.5 Å². The van der Waals surface area contributed by atoms with Crippen LogP contribution in [0.2, 0.25) is 0 Å². The highest BCUT2D eigenvalue weighted by Crippen LogP contribution is 2.36. The fraction of sp³-hybridized carbons (Fsp3) is 0.704. The van der Waals surface area contributed by atoms with Crippen molar-refractivity contribution in [2.45, 2.75) is 64.5 Å². The van der Waals surface area contributed by atoms with Gasteiger partial charge in [-0.25, -0.2) is 4.98 Å². The summed E-state index contributed by atoms with van der Waals surface area (Å²) in [4.78, 5) is 17.3. The summed E-state index contributed by atoms with van der Waals surface area (Å²) in [6.45, 7) is 13.1. The van der Waals surface area contributed by atoms with E-state index in [1.165, 1.54) is 32.4 Å². The zero-order chi connectivity index (χ0) is 24.2. The molecule has 1 aromatic carbocycles. The topological polar surface area (TPSA) is 66.0 Å². The minimum Gasteiger partial charge on any atom is -0.493 e. The Kier molecular flexibility index (Phi) is 7.78. The van der Waals surface area contributed by atoms with E-state index in [-0.39, 0.29) is 0 Å². The number of hydrogen-bond acceptors (Lipinski definition) is 8. The number of likely N-dealkylation sites (tertiary alicyclic amines) is 2. The van der Waals surface area contributed by atoms with Crippen molar-refractivity contribution in [1.82, 2.24) is 19.8 Å². The minimum atomic E-state index is 0.417. The maximum absolute atomic E-state index is 6.21. The molecular formula is C27H42N6O2. The van der Waals surface area contributed by atoms with Gasteiger partial charge in [0.15, 0.2) is 11.5 Å². The molecule has 5 rings (SSSR count). The average molecular weight is 483 g/mol. The van der Waals surface area contributed by atoms with Crippen LogP contribution in [-0.4, -0.2) is 91.4 Å². The smallest absolute Gasteiger partial charge is 0.227 e. The van der Waals surface area contributed by atoms with E-state index in [2.05, 4.69) is 39.9 Å². The molecule has 0 radical (unpaired) electrons. The van der Waals surface area contributed by atoms with Crippen molar-refractivity contribution in [2.75, 3.05) is 69.7 Å². The van der Waals surface area contributed by atoms with Crippen molar-refractivity contribution in [3.63, 3.8) is 0 Å². The number of fused-ring (bicyclic) bond motifs is 1. The highest BCUT2D eigenvalue weighted by atomic mass is 16.5. The number of nitrogens with zero attached hydrogens (tertiary/aromatic N) is 5. The first-order valence-electron chi connectivity index (χ1n) is 13.6. The molecule has 0 spiro atoms. The molecule has 4 heterocycles. The van der Waals surface area contributed by atoms with E-state index in [0.717, 1.165) is 86.2 Å². The van der Waals surface area contributed by atoms with Crippen LogP contribution in [-0.2, 0) is 0 Å². The van der Waals surface area contributed by atoms with Crippen LogP contribution in [0.5, 0.6) is 11.5 Å². The second kappa shape index (κ2) is 11.2. The molecule has 3 fully saturated rings. The normalized spacial score (nSPS) is 19.9. The van der Waals surface area contributed by atoms with Crippen molar-refractivity contribution in [1.29, 1.82) is 0 Å². The largest absolute Gasteiger partial charge is 0.493 e. The molecule has 3 saturated heterocycles. The Morgan fingerprint density at radius 1 is 0.971 bits per heavy atom. The maximum atomic E-state index is 6.21. The monoisotopic (exact) mass is 482 g/mol. The van der Waals surface area contributed by atoms with Gasteiger partial charge in [-0.1, -0.05) is 0 Å². The molecular weight excluding hydrogens is 440 g/mol. The van der Waals surface area contributed by atoms with Gasteiger partial charge >= 0.3 is 0 Å². The van der Waals surface area contributed by atoms with Gasteiger partial charge in [0, 0.05) is 56.3 Å². The summed E-state index contributed by atoms with van der Waals surface area (Å²) in [5, 5.41) is 4.78. The number of methoxy groups -OCH3 is 1. The number of hydrogen-bond donors (Lipinski definition) is 1. The van der Waals surface area contributed by atoms with Crippen LogP contribution in [0.3, 0.4) is 0 Å². The summed E-state index contributed by atoms with van der Waals surface area (Å²) in [5.74, 6) is 3.25. The first-order chi connectivity index (χ1) is 17.1. The lowest BCUT2D eigenvalue weighted by molar-refractivity contribution is 0.177. The van der Waals surface area contributed by atoms with Crippen LogP contribution in [0.15, 0.2) is 12.1 Å². The standard InChI is InChI=1S/C27H42N6O2/c1-20(2)32-15-8-21(9-16-32)28-26-22-18-24(34-3)25(35-17-7-12-31-10-4-5-11-31)19-23(22)29-27(30-26)33-13-6-14-33/h18-21H,4-17H2,1-3H3,(H,28,29,30). The number of rotatable bonds is 10. The predicted octanol–water partition coefficient (Wildman–Crippen LogP) is 4.00. The molecule has 2 aromatic rings. The molecule has 0 atom stereocenters. The molecule has 192 valence electrons. The SMILES string of the molecule is COc1cc2c(NC3CCN(C(C)C)CC3)nc(N3CCC3)nc2cc1OCCCN1CCCC1. The lowest BCUT2D eigenvalue weighted by Crippen LogP contribution is -2.42. The Labute approximate surface area is 210 Å². The summed E-state index contributed by atoms with van der Waals surface area (Å²) < 4.78 is 12.0. The zero-order valence-corrected chi connectivity index (χ0v) is 21.8. The van der Waals surface area contributed by atoms with E-state index < -0.39 is 0 Å². The van der Waals surface area contributed by atoms with E-state index in [1.807, 2.05) is 6.07 Å². The number of piperidine rings is 1. The minimum absolute atomic E-state index is 0.417. The van der Waals surface area contributed by atoms with Crippen LogP contribution in [0.25, 0.3) is 10.9 Å². The molecule has 0 bridgehead atoms. The second-order valence-electron chi connectivity index (χ2n) is 10.5. The molecule has 35 heavy (non-hydrogen) atoms. The molecule has 1 aromatic heterocycles. The average Bonchev–Trinajstić information content (AvgIpc) is 3.34. The van der Waals surface area contributed by atoms with Gasteiger partial charge in [0.25, 0.3) is 0 Å². The van der Waals surface area contributed by atoms with E-state index >= 15 is 0 Å². The van der Waals surface area contributed by atoms with Gasteiger partial charge in [0.1, 0.15) is 5.82 Å². The fourth-order valence-electron chi connectivity index (χ4n) is 5.39. The quantitative estimate of drug-likeness (QED) is 0.510. The molecule has 0 saturated carbocycles. The molecule has 3 aliphatic rings. The van der Waals surface area contributed by atoms with Gasteiger partial charge in [0.05, 0.1) is 19.2 Å². The molecule has 8 heteroatoms. The van der Waals surface area contributed by atoms with Crippen molar-refractivity contribution < 1.29 is 9.47 Å². The van der Waals surface area contributed by atoms with E-state index in [4.69, 9.17) is 19.4 Å². The molecule has 0 amide bonds. The molecule has 3 aliphatic heterocycles. The van der Waals surface area contributed by atoms with Crippen molar-refractivity contribution in [3.8, 4) is 11.5 Å². The molecule has 8 nitrogen and oxygen atoms in total. The lowest BCUT2D eigenvalue weighted by Gasteiger charge is -2.35. The highest BCUT2D eigenvalue weighted by Gasteiger charge is 2.24. The number of aromatic nitrogens is 2. The molecule has 0 aliphatic carbocycles. The van der Waals surface area contributed by atoms with Crippen molar-refractivity contribution in [3.05, 3.63) is 12.1 Å². The fourth-order valence-corrected chi connectivity index (χ4v) is 5.39. The summed E-state index contributed by atoms with van der Waals surface area (Å²) in [6, 6.07) is 5.12. The zero-order valence-electron chi connectivity index (χ0n) is 21.8. The highest BCUT2D eigenvalue weighted by molar-refractivity contribution is 5.93. The maximum Gasteiger partial charge on any atom is 0.227 e. The van der Waals surface area contributed by atoms with E-state index in [1.54, 1.807) is 7.11 Å². The number of ether oxygens (including phenoxy) is 2. The van der Waals surface area contributed by atoms with Gasteiger partial charge in [-0.2, -0.15) is 4.98 Å². The van der Waals surface area contributed by atoms with Crippen LogP contribution >= 0.6 is 0 Å². The Hall–Kier alpha value is -2.32. The van der Waals surface area contributed by atoms with E-state index in [9.17, 15) is 0 Å². The van der Waals surface area contributed by atoms with Gasteiger partial charge in [-0.05, 0) is 71.5 Å². The molecule has 1 N–H and O–H groups in total. The Morgan fingerprint density at radius 2 is 1.74 bits per heavy atom. The summed E-state index contributed by atoms with van der Waals surface area (Å²) >= 11 is 0. The second-order valence-corrected chi connectivity index (χ2v) is 10.5. The summed E-state index contributed by atoms with van der Waals surface area (Å²) in [7, 11) is 1.71. The van der Waals surface area contributed by atoms with Gasteiger partial charge in [0.2, 0.25) is 5.95 Å². The van der Waals surface area contributed by atoms with E-state index in [0.29, 0.717) is 18.7 Å². The van der Waals surface area contributed by atoms with Crippen molar-refractivity contribution >= 4 is 22.7 Å². The van der Waals surface area contributed by atoms with Crippen molar-refractivity contribution in [2.24, 2.45) is 0 Å². The van der Waals surface area contributed by atoms with Crippen LogP contribution in [0.4, 0.5) is 11.8 Å². The summed E-state index contributed by atoms with van der Waals surface area (Å²) in [5.41, 5.74) is 0.916. The van der Waals surface area contributed by atoms with Gasteiger partial charge in [-0.15, -0.1) is 0 Å². The number of anilines is 2. The number of nitrogens with one attached hydrogen (secondary N) is 1. The lowest BCUT2D eigenvalue weighted by atomic mass is 10.0. The third kappa shape index (κ3) is 5.75. The number of benzene rings is 1. The van der Waals surface area contributed by atoms with Crippen LogP contribution in [0.1, 0.15) is 52.4 Å². The third-order valence-electron chi connectivity index (χ3n) is 7.78. The first kappa shape index (κ1) is 24.4. The Morgan fingerprint density at radius 3 is 2.40 bits per heavy atom. The van der Waals surface area contributed by atoms with Crippen LogP contribution in [0, 0.1) is 0 Å². The Balaban J connectivity index is 1.35.